The summed E-state index contributed by atoms with van der Waals surface area (Å²) in [6.07, 6.45) is 2.51. The zero-order valence-electron chi connectivity index (χ0n) is 9.29. The van der Waals surface area contributed by atoms with E-state index >= 15 is 0 Å². The lowest BCUT2D eigenvalue weighted by atomic mass is 9.74. The van der Waals surface area contributed by atoms with Crippen LogP contribution in [0.5, 0.6) is 0 Å². The Balaban J connectivity index is 2.58. The van der Waals surface area contributed by atoms with Crippen LogP contribution in [0.1, 0.15) is 40.0 Å². The quantitative estimate of drug-likeness (QED) is 0.718. The van der Waals surface area contributed by atoms with Crippen molar-refractivity contribution in [2.75, 3.05) is 0 Å². The zero-order chi connectivity index (χ0) is 10.7. The first kappa shape index (κ1) is 11.3. The van der Waals surface area contributed by atoms with Gasteiger partial charge in [-0.15, -0.1) is 0 Å². The molecule has 1 fully saturated rings. The van der Waals surface area contributed by atoms with Gasteiger partial charge in [0.1, 0.15) is 0 Å². The molecular weight excluding hydrogens is 178 g/mol. The van der Waals surface area contributed by atoms with Gasteiger partial charge in [-0.05, 0) is 30.6 Å². The Labute approximate surface area is 85.9 Å². The molecule has 2 N–H and O–H groups in total. The van der Waals surface area contributed by atoms with Gasteiger partial charge in [0.2, 0.25) is 0 Å². The number of carboxylic acid groups (broad SMARTS) is 1. The summed E-state index contributed by atoms with van der Waals surface area (Å²) >= 11 is 0. The molecule has 0 radical (unpaired) electrons. The van der Waals surface area contributed by atoms with Crippen LogP contribution in [-0.4, -0.2) is 17.2 Å². The van der Waals surface area contributed by atoms with Gasteiger partial charge in [0.15, 0.2) is 0 Å². The Hall–Kier alpha value is -0.730. The monoisotopic (exact) mass is 199 g/mol. The van der Waals surface area contributed by atoms with Crippen LogP contribution in [0.25, 0.3) is 0 Å². The lowest BCUT2D eigenvalue weighted by molar-refractivity contribution is 0.147. The second kappa shape index (κ2) is 4.67. The van der Waals surface area contributed by atoms with Crippen molar-refractivity contribution in [2.24, 2.45) is 17.8 Å². The number of carbonyl (C=O) groups is 1. The molecule has 1 amide bonds. The maximum absolute atomic E-state index is 10.6. The highest BCUT2D eigenvalue weighted by molar-refractivity contribution is 5.64. The smallest absolute Gasteiger partial charge is 0.404 e. The summed E-state index contributed by atoms with van der Waals surface area (Å²) in [6.45, 7) is 6.56. The highest BCUT2D eigenvalue weighted by Crippen LogP contribution is 2.33. The van der Waals surface area contributed by atoms with Crippen LogP contribution >= 0.6 is 0 Å². The molecule has 3 nitrogen and oxygen atoms in total. The highest BCUT2D eigenvalue weighted by atomic mass is 16.4. The van der Waals surface area contributed by atoms with Crippen LogP contribution in [0.3, 0.4) is 0 Å². The molecule has 0 saturated heterocycles. The van der Waals surface area contributed by atoms with Crippen molar-refractivity contribution in [3.63, 3.8) is 0 Å². The SMILES string of the molecule is CC(C)[C@@H]1CC[C@@H](C)C[C@H]1NC(=O)O. The molecule has 3 atom stereocenters. The van der Waals surface area contributed by atoms with E-state index in [0.29, 0.717) is 17.8 Å². The number of rotatable bonds is 2. The summed E-state index contributed by atoms with van der Waals surface area (Å²) in [6, 6.07) is 0.163. The molecule has 0 bridgehead atoms. The van der Waals surface area contributed by atoms with Gasteiger partial charge >= 0.3 is 6.09 Å². The van der Waals surface area contributed by atoms with Crippen molar-refractivity contribution in [3.8, 4) is 0 Å². The average molecular weight is 199 g/mol. The Morgan fingerprint density at radius 3 is 2.57 bits per heavy atom. The summed E-state index contributed by atoms with van der Waals surface area (Å²) in [4.78, 5) is 10.6. The predicted molar refractivity (Wildman–Crippen MR) is 56.3 cm³/mol. The molecular formula is C11H21NO2. The summed E-state index contributed by atoms with van der Waals surface area (Å²) in [5.41, 5.74) is 0. The number of amides is 1. The minimum absolute atomic E-state index is 0.163. The van der Waals surface area contributed by atoms with E-state index in [1.807, 2.05) is 0 Å². The molecule has 1 saturated carbocycles. The zero-order valence-corrected chi connectivity index (χ0v) is 9.29. The Morgan fingerprint density at radius 2 is 2.07 bits per heavy atom. The molecule has 0 aromatic rings. The van der Waals surface area contributed by atoms with E-state index in [0.717, 1.165) is 12.8 Å². The molecule has 0 aromatic heterocycles. The molecule has 14 heavy (non-hydrogen) atoms. The van der Waals surface area contributed by atoms with Gasteiger partial charge in [0.05, 0.1) is 0 Å². The predicted octanol–water partition coefficient (Wildman–Crippen LogP) is 2.71. The molecule has 0 aliphatic heterocycles. The van der Waals surface area contributed by atoms with Gasteiger partial charge in [-0.2, -0.15) is 0 Å². The molecule has 0 spiro atoms. The third-order valence-electron chi connectivity index (χ3n) is 3.33. The van der Waals surface area contributed by atoms with E-state index in [1.54, 1.807) is 0 Å². The van der Waals surface area contributed by atoms with Crippen LogP contribution in [0, 0.1) is 17.8 Å². The van der Waals surface area contributed by atoms with Crippen LogP contribution in [0.4, 0.5) is 4.79 Å². The molecule has 82 valence electrons. The minimum atomic E-state index is -0.880. The molecule has 0 aromatic carbocycles. The van der Waals surface area contributed by atoms with Gasteiger partial charge in [-0.25, -0.2) is 4.79 Å². The minimum Gasteiger partial charge on any atom is -0.465 e. The van der Waals surface area contributed by atoms with Crippen LogP contribution in [0.2, 0.25) is 0 Å². The maximum atomic E-state index is 10.6. The molecule has 1 aliphatic carbocycles. The first-order chi connectivity index (χ1) is 6.50. The van der Waals surface area contributed by atoms with Gasteiger partial charge in [0.25, 0.3) is 0 Å². The molecule has 0 unspecified atom stereocenters. The summed E-state index contributed by atoms with van der Waals surface area (Å²) in [7, 11) is 0. The first-order valence-electron chi connectivity index (χ1n) is 5.50. The van der Waals surface area contributed by atoms with Crippen LogP contribution < -0.4 is 5.32 Å². The molecule has 1 aliphatic rings. The molecule has 1 rings (SSSR count). The van der Waals surface area contributed by atoms with E-state index < -0.39 is 6.09 Å². The van der Waals surface area contributed by atoms with Crippen molar-refractivity contribution < 1.29 is 9.90 Å². The summed E-state index contributed by atoms with van der Waals surface area (Å²) in [5, 5.41) is 11.4. The fourth-order valence-corrected chi connectivity index (χ4v) is 2.53. The van der Waals surface area contributed by atoms with Crippen molar-refractivity contribution in [2.45, 2.75) is 46.1 Å². The maximum Gasteiger partial charge on any atom is 0.404 e. The topological polar surface area (TPSA) is 49.3 Å². The Kier molecular flexibility index (Phi) is 3.78. The van der Waals surface area contributed by atoms with Crippen molar-refractivity contribution in [3.05, 3.63) is 0 Å². The standard InChI is InChI=1S/C11H21NO2/c1-7(2)9-5-4-8(3)6-10(9)12-11(13)14/h7-10,12H,4-6H2,1-3H3,(H,13,14)/t8-,9+,10-/m1/s1. The third-order valence-corrected chi connectivity index (χ3v) is 3.33. The number of hydrogen-bond acceptors (Lipinski definition) is 1. The van der Waals surface area contributed by atoms with Crippen molar-refractivity contribution >= 4 is 6.09 Å². The van der Waals surface area contributed by atoms with Gasteiger partial charge < -0.3 is 10.4 Å². The van der Waals surface area contributed by atoms with Crippen molar-refractivity contribution in [1.29, 1.82) is 0 Å². The van der Waals surface area contributed by atoms with E-state index in [2.05, 4.69) is 26.1 Å². The average Bonchev–Trinajstić information content (AvgIpc) is 2.01. The van der Waals surface area contributed by atoms with E-state index in [9.17, 15) is 4.79 Å². The van der Waals surface area contributed by atoms with E-state index in [1.165, 1.54) is 6.42 Å². The molecule has 0 heterocycles. The summed E-state index contributed by atoms with van der Waals surface area (Å²) < 4.78 is 0. The fourth-order valence-electron chi connectivity index (χ4n) is 2.53. The normalized spacial score (nSPS) is 33.0. The second-order valence-electron chi connectivity index (χ2n) is 4.88. The van der Waals surface area contributed by atoms with E-state index in [4.69, 9.17) is 5.11 Å². The van der Waals surface area contributed by atoms with Gasteiger partial charge in [-0.1, -0.05) is 27.2 Å². The lowest BCUT2D eigenvalue weighted by Gasteiger charge is -2.37. The number of hydrogen-bond donors (Lipinski definition) is 2. The van der Waals surface area contributed by atoms with Crippen LogP contribution in [0.15, 0.2) is 0 Å². The third kappa shape index (κ3) is 2.89. The largest absolute Gasteiger partial charge is 0.465 e. The second-order valence-corrected chi connectivity index (χ2v) is 4.88. The summed E-state index contributed by atoms with van der Waals surface area (Å²) in [5.74, 6) is 1.74. The highest BCUT2D eigenvalue weighted by Gasteiger charge is 2.31. The Bertz CT molecular complexity index is 203. The fraction of sp³-hybridized carbons (Fsp3) is 0.909. The van der Waals surface area contributed by atoms with Gasteiger partial charge in [-0.3, -0.25) is 0 Å². The first-order valence-corrected chi connectivity index (χ1v) is 5.50. The number of nitrogens with one attached hydrogen (secondary N) is 1. The lowest BCUT2D eigenvalue weighted by Crippen LogP contribution is -2.45. The van der Waals surface area contributed by atoms with Crippen LogP contribution in [-0.2, 0) is 0 Å². The Morgan fingerprint density at radius 1 is 1.43 bits per heavy atom. The van der Waals surface area contributed by atoms with Gasteiger partial charge in [0, 0.05) is 6.04 Å². The van der Waals surface area contributed by atoms with Crippen molar-refractivity contribution in [1.82, 2.24) is 5.32 Å². The van der Waals surface area contributed by atoms with E-state index in [-0.39, 0.29) is 6.04 Å². The molecule has 3 heteroatoms.